The van der Waals surface area contributed by atoms with Gasteiger partial charge in [-0.3, -0.25) is 0 Å². The minimum Gasteiger partial charge on any atom is -0.508 e. The van der Waals surface area contributed by atoms with Crippen LogP contribution >= 0.6 is 12.4 Å². The zero-order chi connectivity index (χ0) is 9.10. The fourth-order valence-electron chi connectivity index (χ4n) is 1.85. The number of hydrogen-bond acceptors (Lipinski definition) is 2. The van der Waals surface area contributed by atoms with E-state index in [2.05, 4.69) is 5.32 Å². The van der Waals surface area contributed by atoms with Crippen LogP contribution < -0.4 is 5.32 Å². The molecule has 1 saturated heterocycles. The van der Waals surface area contributed by atoms with Gasteiger partial charge in [0.05, 0.1) is 0 Å². The first-order chi connectivity index (χ1) is 6.34. The predicted octanol–water partition coefficient (Wildman–Crippen LogP) is 2.11. The van der Waals surface area contributed by atoms with E-state index in [-0.39, 0.29) is 12.4 Å². The fraction of sp³-hybridized carbons (Fsp3) is 0.455. The molecule has 0 saturated carbocycles. The third-order valence-corrected chi connectivity index (χ3v) is 2.58. The second kappa shape index (κ2) is 5.23. The van der Waals surface area contributed by atoms with Crippen LogP contribution in [-0.2, 0) is 6.42 Å². The van der Waals surface area contributed by atoms with Crippen molar-refractivity contribution in [1.82, 2.24) is 5.32 Å². The van der Waals surface area contributed by atoms with Crippen LogP contribution in [0.5, 0.6) is 5.75 Å². The molecule has 0 spiro atoms. The molecule has 1 aromatic carbocycles. The van der Waals surface area contributed by atoms with Crippen LogP contribution in [0.25, 0.3) is 0 Å². The van der Waals surface area contributed by atoms with Gasteiger partial charge in [-0.05, 0) is 43.5 Å². The Kier molecular flexibility index (Phi) is 4.23. The van der Waals surface area contributed by atoms with Crippen molar-refractivity contribution in [2.24, 2.45) is 0 Å². The maximum absolute atomic E-state index is 9.10. The number of rotatable bonds is 2. The number of phenolic OH excluding ortho intramolecular Hbond substituents is 1. The average Bonchev–Trinajstić information content (AvgIpc) is 2.62. The average molecular weight is 214 g/mol. The molecule has 0 aromatic heterocycles. The zero-order valence-electron chi connectivity index (χ0n) is 8.07. The molecule has 0 radical (unpaired) electrons. The fourth-order valence-corrected chi connectivity index (χ4v) is 1.85. The van der Waals surface area contributed by atoms with Crippen LogP contribution in [0.2, 0.25) is 0 Å². The summed E-state index contributed by atoms with van der Waals surface area (Å²) >= 11 is 0. The smallest absolute Gasteiger partial charge is 0.115 e. The van der Waals surface area contributed by atoms with Gasteiger partial charge in [-0.15, -0.1) is 12.4 Å². The third kappa shape index (κ3) is 2.89. The van der Waals surface area contributed by atoms with Gasteiger partial charge < -0.3 is 10.4 Å². The Hall–Kier alpha value is -0.730. The summed E-state index contributed by atoms with van der Waals surface area (Å²) in [7, 11) is 0. The molecule has 0 bridgehead atoms. The largest absolute Gasteiger partial charge is 0.508 e. The highest BCUT2D eigenvalue weighted by atomic mass is 35.5. The van der Waals surface area contributed by atoms with Gasteiger partial charge >= 0.3 is 0 Å². The van der Waals surface area contributed by atoms with Gasteiger partial charge in [-0.1, -0.05) is 12.1 Å². The molecular formula is C11H16ClNO. The van der Waals surface area contributed by atoms with E-state index in [0.717, 1.165) is 13.0 Å². The van der Waals surface area contributed by atoms with Crippen molar-refractivity contribution in [3.8, 4) is 5.75 Å². The van der Waals surface area contributed by atoms with E-state index < -0.39 is 0 Å². The van der Waals surface area contributed by atoms with Gasteiger partial charge in [0.25, 0.3) is 0 Å². The standard InChI is InChI=1S/C11H15NO.ClH/c13-11-5-3-9(4-6-11)8-10-2-1-7-12-10;/h3-6,10,12-13H,1-2,7-8H2;1H. The zero-order valence-corrected chi connectivity index (χ0v) is 8.89. The first kappa shape index (κ1) is 11.3. The molecule has 0 aliphatic carbocycles. The lowest BCUT2D eigenvalue weighted by atomic mass is 10.0. The normalized spacial score (nSPS) is 20.4. The van der Waals surface area contributed by atoms with E-state index in [0.29, 0.717) is 11.8 Å². The lowest BCUT2D eigenvalue weighted by Gasteiger charge is -2.09. The maximum atomic E-state index is 9.10. The number of phenols is 1. The highest BCUT2D eigenvalue weighted by Crippen LogP contribution is 2.14. The summed E-state index contributed by atoms with van der Waals surface area (Å²) in [5.41, 5.74) is 1.30. The van der Waals surface area contributed by atoms with E-state index in [9.17, 15) is 0 Å². The van der Waals surface area contributed by atoms with Crippen LogP contribution in [-0.4, -0.2) is 17.7 Å². The minimum atomic E-state index is 0. The van der Waals surface area contributed by atoms with Crippen molar-refractivity contribution in [2.45, 2.75) is 25.3 Å². The summed E-state index contributed by atoms with van der Waals surface area (Å²) in [6.45, 7) is 1.16. The van der Waals surface area contributed by atoms with E-state index >= 15 is 0 Å². The topological polar surface area (TPSA) is 32.3 Å². The molecule has 3 heteroatoms. The second-order valence-corrected chi connectivity index (χ2v) is 3.66. The van der Waals surface area contributed by atoms with Gasteiger partial charge in [0.1, 0.15) is 5.75 Å². The van der Waals surface area contributed by atoms with E-state index in [1.807, 2.05) is 12.1 Å². The molecule has 1 aliphatic rings. The van der Waals surface area contributed by atoms with Crippen molar-refractivity contribution < 1.29 is 5.11 Å². The van der Waals surface area contributed by atoms with Gasteiger partial charge in [-0.25, -0.2) is 0 Å². The van der Waals surface area contributed by atoms with Crippen LogP contribution in [0.15, 0.2) is 24.3 Å². The summed E-state index contributed by atoms with van der Waals surface area (Å²) in [4.78, 5) is 0. The molecule has 1 aliphatic heterocycles. The molecule has 1 aromatic rings. The number of nitrogens with one attached hydrogen (secondary N) is 1. The molecular weight excluding hydrogens is 198 g/mol. The second-order valence-electron chi connectivity index (χ2n) is 3.66. The SMILES string of the molecule is Cl.Oc1ccc(CC2CCCN2)cc1. The van der Waals surface area contributed by atoms with Gasteiger partial charge in [0.15, 0.2) is 0 Å². The molecule has 2 rings (SSSR count). The molecule has 2 N–H and O–H groups in total. The molecule has 78 valence electrons. The third-order valence-electron chi connectivity index (χ3n) is 2.58. The summed E-state index contributed by atoms with van der Waals surface area (Å²) in [5.74, 6) is 0.350. The van der Waals surface area contributed by atoms with E-state index in [1.165, 1.54) is 18.4 Å². The summed E-state index contributed by atoms with van der Waals surface area (Å²) in [6.07, 6.45) is 3.66. The van der Waals surface area contributed by atoms with Crippen LogP contribution in [0.3, 0.4) is 0 Å². The quantitative estimate of drug-likeness (QED) is 0.789. The summed E-state index contributed by atoms with van der Waals surface area (Å²) in [6, 6.07) is 8.14. The lowest BCUT2D eigenvalue weighted by molar-refractivity contribution is 0.475. The molecule has 1 atom stereocenters. The van der Waals surface area contributed by atoms with Gasteiger partial charge in [-0.2, -0.15) is 0 Å². The predicted molar refractivity (Wildman–Crippen MR) is 60.1 cm³/mol. The number of aromatic hydroxyl groups is 1. The number of hydrogen-bond donors (Lipinski definition) is 2. The number of benzene rings is 1. The van der Waals surface area contributed by atoms with Crippen molar-refractivity contribution in [2.75, 3.05) is 6.54 Å². The Morgan fingerprint density at radius 2 is 2.00 bits per heavy atom. The molecule has 1 heterocycles. The maximum Gasteiger partial charge on any atom is 0.115 e. The Morgan fingerprint density at radius 3 is 2.57 bits per heavy atom. The Morgan fingerprint density at radius 1 is 1.29 bits per heavy atom. The van der Waals surface area contributed by atoms with Crippen molar-refractivity contribution in [3.63, 3.8) is 0 Å². The lowest BCUT2D eigenvalue weighted by Crippen LogP contribution is -2.23. The molecule has 2 nitrogen and oxygen atoms in total. The minimum absolute atomic E-state index is 0. The molecule has 0 amide bonds. The van der Waals surface area contributed by atoms with Crippen molar-refractivity contribution >= 4 is 12.4 Å². The molecule has 1 fully saturated rings. The first-order valence-electron chi connectivity index (χ1n) is 4.86. The van der Waals surface area contributed by atoms with E-state index in [1.54, 1.807) is 12.1 Å². The summed E-state index contributed by atoms with van der Waals surface area (Å²) in [5, 5.41) is 12.6. The van der Waals surface area contributed by atoms with Crippen molar-refractivity contribution in [1.29, 1.82) is 0 Å². The summed E-state index contributed by atoms with van der Waals surface area (Å²) < 4.78 is 0. The molecule has 14 heavy (non-hydrogen) atoms. The van der Waals surface area contributed by atoms with E-state index in [4.69, 9.17) is 5.11 Å². The Labute approximate surface area is 90.7 Å². The first-order valence-corrected chi connectivity index (χ1v) is 4.86. The monoisotopic (exact) mass is 213 g/mol. The van der Waals surface area contributed by atoms with Crippen LogP contribution in [0.1, 0.15) is 18.4 Å². The number of halogens is 1. The van der Waals surface area contributed by atoms with Gasteiger partial charge in [0, 0.05) is 6.04 Å². The molecule has 1 unspecified atom stereocenters. The van der Waals surface area contributed by atoms with Crippen LogP contribution in [0.4, 0.5) is 0 Å². The van der Waals surface area contributed by atoms with Gasteiger partial charge in [0.2, 0.25) is 0 Å². The van der Waals surface area contributed by atoms with Crippen LogP contribution in [0, 0.1) is 0 Å². The Bertz CT molecular complexity index is 267. The highest BCUT2D eigenvalue weighted by molar-refractivity contribution is 5.85. The highest BCUT2D eigenvalue weighted by Gasteiger charge is 2.13. The van der Waals surface area contributed by atoms with Crippen molar-refractivity contribution in [3.05, 3.63) is 29.8 Å². The Balaban J connectivity index is 0.000000980.